The van der Waals surface area contributed by atoms with Gasteiger partial charge in [-0.2, -0.15) is 12.7 Å². The van der Waals surface area contributed by atoms with Crippen LogP contribution in [0, 0.1) is 0 Å². The van der Waals surface area contributed by atoms with Crippen LogP contribution in [0.3, 0.4) is 0 Å². The topological polar surface area (TPSA) is 96.8 Å². The van der Waals surface area contributed by atoms with Crippen molar-refractivity contribution in [2.75, 3.05) is 25.0 Å². The monoisotopic (exact) mass is 310 g/mol. The second kappa shape index (κ2) is 5.24. The first kappa shape index (κ1) is 14.2. The molecule has 0 spiro atoms. The zero-order valence-electron chi connectivity index (χ0n) is 11.8. The Labute approximate surface area is 123 Å². The Bertz CT molecular complexity index is 735. The minimum atomic E-state index is -3.62. The summed E-state index contributed by atoms with van der Waals surface area (Å²) in [4.78, 5) is 2.21. The summed E-state index contributed by atoms with van der Waals surface area (Å²) in [6.07, 6.45) is 5.08. The Morgan fingerprint density at radius 3 is 2.76 bits per heavy atom. The molecule has 1 fully saturated rings. The van der Waals surface area contributed by atoms with Gasteiger partial charge < -0.3 is 4.90 Å². The molecule has 2 aromatic heterocycles. The van der Waals surface area contributed by atoms with Crippen molar-refractivity contribution in [3.8, 4) is 0 Å². The molecule has 0 atom stereocenters. The predicted molar refractivity (Wildman–Crippen MR) is 79.1 cm³/mol. The fourth-order valence-corrected chi connectivity index (χ4v) is 3.40. The van der Waals surface area contributed by atoms with Crippen LogP contribution in [-0.2, 0) is 10.2 Å². The van der Waals surface area contributed by atoms with E-state index in [1.165, 1.54) is 11.4 Å². The summed E-state index contributed by atoms with van der Waals surface area (Å²) < 4.78 is 25.8. The van der Waals surface area contributed by atoms with Crippen molar-refractivity contribution in [3.05, 3.63) is 24.5 Å². The van der Waals surface area contributed by atoms with E-state index in [2.05, 4.69) is 15.2 Å². The van der Waals surface area contributed by atoms with E-state index in [1.54, 1.807) is 10.7 Å². The second-order valence-electron chi connectivity index (χ2n) is 5.24. The smallest absolute Gasteiger partial charge is 0.276 e. The molecule has 21 heavy (non-hydrogen) atoms. The maximum atomic E-state index is 11.4. The molecule has 114 valence electrons. The van der Waals surface area contributed by atoms with Crippen molar-refractivity contribution in [1.82, 2.24) is 19.1 Å². The Hall–Kier alpha value is -1.71. The van der Waals surface area contributed by atoms with Crippen LogP contribution < -0.4 is 10.0 Å². The molecule has 3 heterocycles. The quantitative estimate of drug-likeness (QED) is 0.849. The van der Waals surface area contributed by atoms with Crippen LogP contribution in [0.4, 0.5) is 5.69 Å². The summed E-state index contributed by atoms with van der Waals surface area (Å²) in [6, 6.07) is 3.87. The number of nitrogens with zero attached hydrogens (tertiary/aromatic N) is 5. The van der Waals surface area contributed by atoms with Crippen LogP contribution in [0.15, 0.2) is 24.5 Å². The van der Waals surface area contributed by atoms with Crippen LogP contribution in [0.25, 0.3) is 5.52 Å². The van der Waals surface area contributed by atoms with Gasteiger partial charge in [0.1, 0.15) is 0 Å². The van der Waals surface area contributed by atoms with Gasteiger partial charge in [0.25, 0.3) is 10.2 Å². The number of aromatic nitrogens is 3. The molecular formula is C12H18N6O2S. The molecule has 0 amide bonds. The van der Waals surface area contributed by atoms with Crippen LogP contribution in [0.1, 0.15) is 12.8 Å². The third kappa shape index (κ3) is 2.71. The van der Waals surface area contributed by atoms with Crippen molar-refractivity contribution in [1.29, 1.82) is 0 Å². The molecule has 0 bridgehead atoms. The van der Waals surface area contributed by atoms with E-state index in [9.17, 15) is 8.42 Å². The van der Waals surface area contributed by atoms with E-state index < -0.39 is 10.2 Å². The zero-order valence-corrected chi connectivity index (χ0v) is 12.6. The number of anilines is 1. The number of nitrogens with two attached hydrogens (primary N) is 1. The van der Waals surface area contributed by atoms with Gasteiger partial charge in [-0.15, -0.1) is 5.10 Å². The van der Waals surface area contributed by atoms with Crippen LogP contribution in [-0.4, -0.2) is 53.7 Å². The molecule has 0 radical (unpaired) electrons. The summed E-state index contributed by atoms with van der Waals surface area (Å²) in [5.74, 6) is 0. The Balaban J connectivity index is 1.76. The first-order valence-corrected chi connectivity index (χ1v) is 8.27. The van der Waals surface area contributed by atoms with Crippen molar-refractivity contribution < 1.29 is 8.42 Å². The number of hydrogen-bond acceptors (Lipinski definition) is 5. The van der Waals surface area contributed by atoms with Gasteiger partial charge in [0.15, 0.2) is 0 Å². The number of piperidine rings is 1. The maximum Gasteiger partial charge on any atom is 0.276 e. The van der Waals surface area contributed by atoms with E-state index in [-0.39, 0.29) is 6.04 Å². The Morgan fingerprint density at radius 2 is 2.10 bits per heavy atom. The third-order valence-electron chi connectivity index (χ3n) is 4.04. The maximum absolute atomic E-state index is 11.4. The van der Waals surface area contributed by atoms with E-state index >= 15 is 0 Å². The largest absolute Gasteiger partial charge is 0.368 e. The highest BCUT2D eigenvalue weighted by Crippen LogP contribution is 2.25. The normalized spacial score (nSPS) is 17.8. The standard InChI is InChI=1S/C12H18N6O2S/c1-16(21(13,19)20)10-4-7-17(8-5-10)12-9-14-15-18-6-2-3-11(12)18/h2-3,6,9-10H,4-5,7-8H2,1H3,(H2,13,19,20). The third-order valence-corrected chi connectivity index (χ3v) is 5.14. The SMILES string of the molecule is CN(C1CCN(c2cnnn3cccc23)CC1)S(N)(=O)=O. The molecule has 3 rings (SSSR count). The number of fused-ring (bicyclic) bond motifs is 1. The van der Waals surface area contributed by atoms with E-state index in [1.807, 2.05) is 18.3 Å². The molecule has 1 aliphatic heterocycles. The molecule has 2 aromatic rings. The minimum absolute atomic E-state index is 0.0474. The highest BCUT2D eigenvalue weighted by Gasteiger charge is 2.28. The van der Waals surface area contributed by atoms with E-state index in [0.29, 0.717) is 0 Å². The minimum Gasteiger partial charge on any atom is -0.368 e. The van der Waals surface area contributed by atoms with E-state index in [0.717, 1.165) is 37.1 Å². The lowest BCUT2D eigenvalue weighted by atomic mass is 10.0. The first-order chi connectivity index (χ1) is 9.97. The fourth-order valence-electron chi connectivity index (χ4n) is 2.78. The lowest BCUT2D eigenvalue weighted by Crippen LogP contribution is -2.47. The van der Waals surface area contributed by atoms with Crippen LogP contribution in [0.5, 0.6) is 0 Å². The van der Waals surface area contributed by atoms with Crippen molar-refractivity contribution in [2.24, 2.45) is 5.14 Å². The molecular weight excluding hydrogens is 292 g/mol. The molecule has 1 saturated heterocycles. The van der Waals surface area contributed by atoms with Crippen molar-refractivity contribution in [2.45, 2.75) is 18.9 Å². The van der Waals surface area contributed by atoms with E-state index in [4.69, 9.17) is 5.14 Å². The van der Waals surface area contributed by atoms with Crippen LogP contribution in [0.2, 0.25) is 0 Å². The number of hydrogen-bond donors (Lipinski definition) is 1. The van der Waals surface area contributed by atoms with Gasteiger partial charge in [-0.1, -0.05) is 5.21 Å². The highest BCUT2D eigenvalue weighted by atomic mass is 32.2. The Morgan fingerprint density at radius 1 is 1.38 bits per heavy atom. The van der Waals surface area contributed by atoms with Gasteiger partial charge in [0.2, 0.25) is 0 Å². The van der Waals surface area contributed by atoms with Crippen LogP contribution >= 0.6 is 0 Å². The number of rotatable bonds is 3. The lowest BCUT2D eigenvalue weighted by molar-refractivity contribution is 0.312. The zero-order chi connectivity index (χ0) is 15.0. The summed E-state index contributed by atoms with van der Waals surface area (Å²) in [5.41, 5.74) is 2.02. The lowest BCUT2D eigenvalue weighted by Gasteiger charge is -2.36. The van der Waals surface area contributed by atoms with Gasteiger partial charge in [-0.25, -0.2) is 9.65 Å². The fraction of sp³-hybridized carbons (Fsp3) is 0.500. The molecule has 1 aliphatic rings. The predicted octanol–water partition coefficient (Wildman–Crippen LogP) is -0.167. The van der Waals surface area contributed by atoms with Gasteiger partial charge in [0, 0.05) is 32.4 Å². The summed E-state index contributed by atoms with van der Waals surface area (Å²) >= 11 is 0. The van der Waals surface area contributed by atoms with Gasteiger partial charge >= 0.3 is 0 Å². The average Bonchev–Trinajstić information content (AvgIpc) is 2.94. The molecule has 2 N–H and O–H groups in total. The molecule has 9 heteroatoms. The summed E-state index contributed by atoms with van der Waals surface area (Å²) in [7, 11) is -2.09. The first-order valence-electron chi connectivity index (χ1n) is 6.76. The second-order valence-corrected chi connectivity index (χ2v) is 6.84. The molecule has 0 unspecified atom stereocenters. The molecule has 0 saturated carbocycles. The summed E-state index contributed by atoms with van der Waals surface area (Å²) in [5, 5.41) is 13.2. The Kier molecular flexibility index (Phi) is 3.56. The summed E-state index contributed by atoms with van der Waals surface area (Å²) in [6.45, 7) is 1.52. The molecule has 8 nitrogen and oxygen atoms in total. The van der Waals surface area contributed by atoms with Crippen molar-refractivity contribution in [3.63, 3.8) is 0 Å². The van der Waals surface area contributed by atoms with Gasteiger partial charge in [0.05, 0.1) is 17.4 Å². The molecule has 0 aromatic carbocycles. The highest BCUT2D eigenvalue weighted by molar-refractivity contribution is 7.86. The average molecular weight is 310 g/mol. The van der Waals surface area contributed by atoms with Crippen molar-refractivity contribution >= 4 is 21.4 Å². The van der Waals surface area contributed by atoms with Gasteiger partial charge in [-0.05, 0) is 25.0 Å². The van der Waals surface area contributed by atoms with Gasteiger partial charge in [-0.3, -0.25) is 0 Å². The molecule has 0 aliphatic carbocycles.